The van der Waals surface area contributed by atoms with E-state index in [9.17, 15) is 18.0 Å². The van der Waals surface area contributed by atoms with Gasteiger partial charge in [-0.3, -0.25) is 4.79 Å². The quantitative estimate of drug-likeness (QED) is 0.273. The normalized spacial score (nSPS) is 13.3. The zero-order valence-electron chi connectivity index (χ0n) is 22.8. The minimum Gasteiger partial charge on any atom is -0.392 e. The molecule has 2 aromatic rings. The van der Waals surface area contributed by atoms with Gasteiger partial charge in [0.05, 0.1) is 23.5 Å². The maximum Gasteiger partial charge on any atom is 0.412 e. The number of allylic oxidation sites excluding steroid dienone is 6. The molecule has 0 saturated heterocycles. The Morgan fingerprint density at radius 1 is 1.21 bits per heavy atom. The Bertz CT molecular complexity index is 1350. The number of rotatable bonds is 9. The number of halogens is 3. The van der Waals surface area contributed by atoms with Gasteiger partial charge in [0, 0.05) is 41.2 Å². The molecule has 208 valence electrons. The summed E-state index contributed by atoms with van der Waals surface area (Å²) >= 11 is 0. The molecule has 2 rings (SSSR count). The highest BCUT2D eigenvalue weighted by Gasteiger charge is 2.32. The van der Waals surface area contributed by atoms with E-state index in [0.29, 0.717) is 28.3 Å². The van der Waals surface area contributed by atoms with E-state index in [-0.39, 0.29) is 24.7 Å². The van der Waals surface area contributed by atoms with Crippen molar-refractivity contribution in [3.8, 4) is 11.8 Å². The molecule has 1 aromatic heterocycles. The highest BCUT2D eigenvalue weighted by Crippen LogP contribution is 2.29. The van der Waals surface area contributed by atoms with Crippen molar-refractivity contribution in [1.29, 1.82) is 0 Å². The van der Waals surface area contributed by atoms with Gasteiger partial charge in [0.25, 0.3) is 5.91 Å². The van der Waals surface area contributed by atoms with E-state index in [1.165, 1.54) is 23.9 Å². The van der Waals surface area contributed by atoms with Crippen LogP contribution in [0, 0.1) is 25.7 Å². The SMILES string of the molecule is CC/C(=C\C(=C/CNC(=O)c1ccc(C)c(C#C/C(N)=C/C=C(\N)NC(C)C)c1)n1cnc(C)c1)C(F)(F)F. The largest absolute Gasteiger partial charge is 0.412 e. The van der Waals surface area contributed by atoms with Gasteiger partial charge in [-0.05, 0) is 82.0 Å². The summed E-state index contributed by atoms with van der Waals surface area (Å²) < 4.78 is 41.6. The minimum atomic E-state index is -4.46. The van der Waals surface area contributed by atoms with Crippen molar-refractivity contribution in [2.75, 3.05) is 6.54 Å². The molecular weight excluding hydrogens is 505 g/mol. The van der Waals surface area contributed by atoms with Crippen molar-refractivity contribution in [3.63, 3.8) is 0 Å². The molecule has 0 fully saturated rings. The monoisotopic (exact) mass is 540 g/mol. The van der Waals surface area contributed by atoms with E-state index in [2.05, 4.69) is 27.5 Å². The molecule has 1 aromatic carbocycles. The summed E-state index contributed by atoms with van der Waals surface area (Å²) in [5.41, 5.74) is 14.1. The third-order valence-corrected chi connectivity index (χ3v) is 5.39. The smallest absolute Gasteiger partial charge is 0.392 e. The molecule has 0 aliphatic rings. The minimum absolute atomic E-state index is 0.000507. The second-order valence-electron chi connectivity index (χ2n) is 9.10. The number of aromatic nitrogens is 2. The van der Waals surface area contributed by atoms with Gasteiger partial charge in [0.1, 0.15) is 0 Å². The summed E-state index contributed by atoms with van der Waals surface area (Å²) in [6.45, 7) is 8.96. The Balaban J connectivity index is 2.22. The van der Waals surface area contributed by atoms with Crippen molar-refractivity contribution < 1.29 is 18.0 Å². The van der Waals surface area contributed by atoms with Gasteiger partial charge < -0.3 is 26.7 Å². The molecule has 7 nitrogen and oxygen atoms in total. The molecule has 39 heavy (non-hydrogen) atoms. The molecule has 0 bridgehead atoms. The first-order valence-corrected chi connectivity index (χ1v) is 12.4. The number of nitrogens with one attached hydrogen (secondary N) is 2. The van der Waals surface area contributed by atoms with Gasteiger partial charge in [0.2, 0.25) is 0 Å². The molecule has 10 heteroatoms. The zero-order valence-corrected chi connectivity index (χ0v) is 22.8. The van der Waals surface area contributed by atoms with E-state index in [0.717, 1.165) is 11.6 Å². The van der Waals surface area contributed by atoms with Gasteiger partial charge in [-0.15, -0.1) is 0 Å². The van der Waals surface area contributed by atoms with Crippen molar-refractivity contribution in [1.82, 2.24) is 20.2 Å². The third kappa shape index (κ3) is 10.1. The second-order valence-corrected chi connectivity index (χ2v) is 9.10. The van der Waals surface area contributed by atoms with Crippen LogP contribution in [0.1, 0.15) is 54.4 Å². The molecule has 0 unspecified atom stereocenters. The topological polar surface area (TPSA) is 111 Å². The molecule has 1 amide bonds. The number of alkyl halides is 3. The predicted octanol–water partition coefficient (Wildman–Crippen LogP) is 4.66. The average Bonchev–Trinajstić information content (AvgIpc) is 3.29. The van der Waals surface area contributed by atoms with E-state index < -0.39 is 17.7 Å². The summed E-state index contributed by atoms with van der Waals surface area (Å²) in [4.78, 5) is 16.9. The molecule has 0 aliphatic carbocycles. The zero-order chi connectivity index (χ0) is 29.2. The van der Waals surface area contributed by atoms with Gasteiger partial charge in [0.15, 0.2) is 0 Å². The number of hydrogen-bond acceptors (Lipinski definition) is 5. The van der Waals surface area contributed by atoms with Gasteiger partial charge in [-0.1, -0.05) is 18.9 Å². The lowest BCUT2D eigenvalue weighted by atomic mass is 10.0. The number of imidazole rings is 1. The van der Waals surface area contributed by atoms with Gasteiger partial charge in [-0.2, -0.15) is 13.2 Å². The lowest BCUT2D eigenvalue weighted by Crippen LogP contribution is -2.26. The van der Waals surface area contributed by atoms with Crippen LogP contribution in [0.5, 0.6) is 0 Å². The van der Waals surface area contributed by atoms with Crippen LogP contribution < -0.4 is 22.1 Å². The average molecular weight is 541 g/mol. The van der Waals surface area contributed by atoms with E-state index >= 15 is 0 Å². The van der Waals surface area contributed by atoms with Crippen molar-refractivity contribution >= 4 is 11.6 Å². The molecule has 0 saturated carbocycles. The van der Waals surface area contributed by atoms with Crippen LogP contribution in [0.2, 0.25) is 0 Å². The molecule has 6 N–H and O–H groups in total. The lowest BCUT2D eigenvalue weighted by molar-refractivity contribution is -0.0935. The molecule has 0 aliphatic heterocycles. The Morgan fingerprint density at radius 2 is 1.92 bits per heavy atom. The molecule has 1 heterocycles. The van der Waals surface area contributed by atoms with Gasteiger partial charge in [-0.25, -0.2) is 4.98 Å². The van der Waals surface area contributed by atoms with Crippen LogP contribution in [0.25, 0.3) is 5.70 Å². The highest BCUT2D eigenvalue weighted by molar-refractivity contribution is 5.94. The first-order chi connectivity index (χ1) is 18.3. The Morgan fingerprint density at radius 3 is 2.51 bits per heavy atom. The number of aryl methyl sites for hydroxylation is 2. The van der Waals surface area contributed by atoms with E-state index in [1.807, 2.05) is 20.8 Å². The van der Waals surface area contributed by atoms with Crippen LogP contribution in [-0.2, 0) is 0 Å². The summed E-state index contributed by atoms with van der Waals surface area (Å²) in [7, 11) is 0. The van der Waals surface area contributed by atoms with E-state index in [1.54, 1.807) is 43.5 Å². The standard InChI is InChI=1S/C29H35F3N6O/c1-6-24(29(30,31)32)16-26(38-17-21(5)36-18-38)13-14-35-28(39)23-8-7-20(4)22(15-23)9-10-25(33)11-12-27(34)37-19(2)3/h7-8,11-13,15-19,37H,6,14,33-34H2,1-5H3,(H,35,39)/b24-16+,25-11-,26-13+,27-12+. The first-order valence-electron chi connectivity index (χ1n) is 12.4. The number of amides is 1. The molecular formula is C29H35F3N6O. The van der Waals surface area contributed by atoms with Crippen LogP contribution in [-0.4, -0.2) is 34.2 Å². The number of benzene rings is 1. The number of nitrogens with two attached hydrogens (primary N) is 2. The fourth-order valence-electron chi connectivity index (χ4n) is 3.35. The third-order valence-electron chi connectivity index (χ3n) is 5.39. The number of hydrogen-bond donors (Lipinski definition) is 4. The fourth-order valence-corrected chi connectivity index (χ4v) is 3.35. The molecule has 0 atom stereocenters. The summed E-state index contributed by atoms with van der Waals surface area (Å²) in [6.07, 6.45) is 4.18. The fraction of sp³-hybridized carbons (Fsp3) is 0.310. The van der Waals surface area contributed by atoms with Crippen molar-refractivity contribution in [3.05, 3.63) is 94.5 Å². The van der Waals surface area contributed by atoms with Crippen LogP contribution in [0.15, 0.2) is 72.1 Å². The highest BCUT2D eigenvalue weighted by atomic mass is 19.4. The molecule has 0 radical (unpaired) electrons. The van der Waals surface area contributed by atoms with Crippen molar-refractivity contribution in [2.24, 2.45) is 11.5 Å². The van der Waals surface area contributed by atoms with Crippen LogP contribution >= 0.6 is 0 Å². The Hall–Kier alpha value is -4.39. The van der Waals surface area contributed by atoms with Gasteiger partial charge >= 0.3 is 6.18 Å². The van der Waals surface area contributed by atoms with Crippen LogP contribution in [0.3, 0.4) is 0 Å². The maximum atomic E-state index is 13.4. The number of carbonyl (C=O) groups excluding carboxylic acids is 1. The molecule has 0 spiro atoms. The number of carbonyl (C=O) groups is 1. The summed E-state index contributed by atoms with van der Waals surface area (Å²) in [5, 5.41) is 5.76. The lowest BCUT2D eigenvalue weighted by Gasteiger charge is -2.12. The number of nitrogens with zero attached hydrogens (tertiary/aromatic N) is 2. The maximum absolute atomic E-state index is 13.4. The predicted molar refractivity (Wildman–Crippen MR) is 149 cm³/mol. The summed E-state index contributed by atoms with van der Waals surface area (Å²) in [5.74, 6) is 5.87. The first kappa shape index (κ1) is 30.8. The van der Waals surface area contributed by atoms with Crippen molar-refractivity contribution in [2.45, 2.75) is 53.3 Å². The Labute approximate surface area is 227 Å². The summed E-state index contributed by atoms with van der Waals surface area (Å²) in [6, 6.07) is 5.23. The van der Waals surface area contributed by atoms with E-state index in [4.69, 9.17) is 11.5 Å². The second kappa shape index (κ2) is 14.0. The Kier molecular flexibility index (Phi) is 11.0. The van der Waals surface area contributed by atoms with Crippen LogP contribution in [0.4, 0.5) is 13.2 Å².